The fraction of sp³-hybridized carbons (Fsp3) is 0.0833. The van der Waals surface area contributed by atoms with Gasteiger partial charge in [0.2, 0.25) is 0 Å². The normalized spacial score (nSPS) is 10.2. The highest BCUT2D eigenvalue weighted by Gasteiger charge is 2.06. The number of pyridine rings is 1. The van der Waals surface area contributed by atoms with Crippen LogP contribution in [0.25, 0.3) is 0 Å². The molecule has 6 heteroatoms. The van der Waals surface area contributed by atoms with Crippen molar-refractivity contribution in [2.24, 2.45) is 0 Å². The van der Waals surface area contributed by atoms with Gasteiger partial charge in [-0.25, -0.2) is 9.37 Å². The molecule has 0 saturated carbocycles. The Morgan fingerprint density at radius 2 is 2.17 bits per heavy atom. The van der Waals surface area contributed by atoms with Crippen LogP contribution < -0.4 is 10.1 Å². The lowest BCUT2D eigenvalue weighted by Gasteiger charge is -2.09. The van der Waals surface area contributed by atoms with E-state index in [2.05, 4.69) is 26.2 Å². The summed E-state index contributed by atoms with van der Waals surface area (Å²) in [6.07, 6.45) is 1.52. The van der Waals surface area contributed by atoms with Crippen LogP contribution in [0.2, 0.25) is 5.02 Å². The number of benzene rings is 1. The monoisotopic (exact) mass is 330 g/mol. The first-order valence-corrected chi connectivity index (χ1v) is 6.19. The molecule has 0 saturated heterocycles. The van der Waals surface area contributed by atoms with Crippen LogP contribution in [0.1, 0.15) is 0 Å². The van der Waals surface area contributed by atoms with E-state index in [1.165, 1.54) is 19.4 Å². The quantitative estimate of drug-likeness (QED) is 0.906. The van der Waals surface area contributed by atoms with E-state index in [-0.39, 0.29) is 5.75 Å². The van der Waals surface area contributed by atoms with Crippen molar-refractivity contribution in [1.29, 1.82) is 0 Å². The lowest BCUT2D eigenvalue weighted by Crippen LogP contribution is -1.96. The molecule has 0 aliphatic rings. The first-order valence-electron chi connectivity index (χ1n) is 5.02. The molecule has 0 aliphatic carbocycles. The van der Waals surface area contributed by atoms with Gasteiger partial charge in [0, 0.05) is 18.0 Å². The van der Waals surface area contributed by atoms with Gasteiger partial charge < -0.3 is 10.1 Å². The van der Waals surface area contributed by atoms with Gasteiger partial charge in [0.15, 0.2) is 11.6 Å². The van der Waals surface area contributed by atoms with Crippen molar-refractivity contribution in [3.05, 3.63) is 45.8 Å². The van der Waals surface area contributed by atoms with Crippen molar-refractivity contribution >= 4 is 39.0 Å². The van der Waals surface area contributed by atoms with Crippen LogP contribution in [0.5, 0.6) is 5.75 Å². The number of hydrogen-bond acceptors (Lipinski definition) is 3. The van der Waals surface area contributed by atoms with Crippen LogP contribution >= 0.6 is 27.5 Å². The Labute approximate surface area is 117 Å². The molecule has 1 N–H and O–H groups in total. The third kappa shape index (κ3) is 2.91. The molecule has 3 nitrogen and oxygen atoms in total. The summed E-state index contributed by atoms with van der Waals surface area (Å²) in [5, 5.41) is 3.57. The Kier molecular flexibility index (Phi) is 4.04. The number of halogens is 3. The number of rotatable bonds is 3. The molecule has 0 atom stereocenters. The number of nitrogens with one attached hydrogen (secondary N) is 1. The summed E-state index contributed by atoms with van der Waals surface area (Å²) >= 11 is 9.14. The molecule has 0 spiro atoms. The first-order chi connectivity index (χ1) is 8.60. The molecule has 1 aromatic heterocycles. The maximum absolute atomic E-state index is 13.2. The molecule has 0 bridgehead atoms. The molecule has 0 radical (unpaired) electrons. The molecule has 94 valence electrons. The topological polar surface area (TPSA) is 34.1 Å². The molecular weight excluding hydrogens is 323 g/mol. The highest BCUT2D eigenvalue weighted by atomic mass is 79.9. The molecule has 18 heavy (non-hydrogen) atoms. The second-order valence-electron chi connectivity index (χ2n) is 3.46. The van der Waals surface area contributed by atoms with Gasteiger partial charge in [0.25, 0.3) is 0 Å². The summed E-state index contributed by atoms with van der Waals surface area (Å²) in [5.41, 5.74) is 0.670. The van der Waals surface area contributed by atoms with Crippen molar-refractivity contribution in [3.63, 3.8) is 0 Å². The lowest BCUT2D eigenvalue weighted by atomic mass is 10.3. The van der Waals surface area contributed by atoms with E-state index in [0.29, 0.717) is 16.5 Å². The number of methoxy groups -OCH3 is 1. The highest BCUT2D eigenvalue weighted by molar-refractivity contribution is 9.10. The minimum atomic E-state index is -0.411. The number of ether oxygens (including phenoxy) is 1. The zero-order chi connectivity index (χ0) is 13.1. The van der Waals surface area contributed by atoms with Crippen molar-refractivity contribution < 1.29 is 9.13 Å². The number of hydrogen-bond donors (Lipinski definition) is 1. The van der Waals surface area contributed by atoms with Crippen LogP contribution in [-0.2, 0) is 0 Å². The average Bonchev–Trinajstić information content (AvgIpc) is 2.35. The largest absolute Gasteiger partial charge is 0.494 e. The third-order valence-electron chi connectivity index (χ3n) is 2.22. The van der Waals surface area contributed by atoms with Crippen LogP contribution in [0.15, 0.2) is 34.9 Å². The summed E-state index contributed by atoms with van der Waals surface area (Å²) in [6.45, 7) is 0. The number of aromatic nitrogens is 1. The van der Waals surface area contributed by atoms with Crippen molar-refractivity contribution in [2.75, 3.05) is 12.4 Å². The molecule has 0 unspecified atom stereocenters. The van der Waals surface area contributed by atoms with E-state index >= 15 is 0 Å². The van der Waals surface area contributed by atoms with E-state index in [1.807, 2.05) is 0 Å². The summed E-state index contributed by atoms with van der Waals surface area (Å²) < 4.78 is 18.9. The summed E-state index contributed by atoms with van der Waals surface area (Å²) in [6, 6.07) is 6.20. The lowest BCUT2D eigenvalue weighted by molar-refractivity contribution is 0.387. The van der Waals surface area contributed by atoms with Gasteiger partial charge in [-0.15, -0.1) is 0 Å². The van der Waals surface area contributed by atoms with Gasteiger partial charge >= 0.3 is 0 Å². The minimum absolute atomic E-state index is 0.171. The SMILES string of the molecule is COc1cc(Nc2ncc(Cl)cc2Br)ccc1F. The second-order valence-corrected chi connectivity index (χ2v) is 4.75. The predicted octanol–water partition coefficient (Wildman–Crippen LogP) is 4.39. The molecule has 1 aromatic carbocycles. The number of nitrogens with zero attached hydrogens (tertiary/aromatic N) is 1. The zero-order valence-corrected chi connectivity index (χ0v) is 11.7. The van der Waals surface area contributed by atoms with Gasteiger partial charge in [-0.2, -0.15) is 0 Å². The van der Waals surface area contributed by atoms with Crippen LogP contribution in [0, 0.1) is 5.82 Å². The maximum Gasteiger partial charge on any atom is 0.165 e. The first kappa shape index (κ1) is 13.1. The molecule has 0 amide bonds. The van der Waals surface area contributed by atoms with Crippen molar-refractivity contribution in [3.8, 4) is 5.75 Å². The van der Waals surface area contributed by atoms with E-state index in [4.69, 9.17) is 16.3 Å². The number of anilines is 2. The third-order valence-corrected chi connectivity index (χ3v) is 3.03. The van der Waals surface area contributed by atoms with Gasteiger partial charge in [-0.3, -0.25) is 0 Å². The summed E-state index contributed by atoms with van der Waals surface area (Å²) in [5.74, 6) is 0.351. The summed E-state index contributed by atoms with van der Waals surface area (Å²) in [4.78, 5) is 4.13. The van der Waals surface area contributed by atoms with Crippen LogP contribution in [-0.4, -0.2) is 12.1 Å². The summed E-state index contributed by atoms with van der Waals surface area (Å²) in [7, 11) is 1.42. The van der Waals surface area contributed by atoms with Gasteiger partial charge in [0.1, 0.15) is 5.82 Å². The molecule has 1 heterocycles. The van der Waals surface area contributed by atoms with E-state index in [9.17, 15) is 4.39 Å². The zero-order valence-electron chi connectivity index (χ0n) is 9.38. The average molecular weight is 332 g/mol. The Morgan fingerprint density at radius 3 is 2.83 bits per heavy atom. The predicted molar refractivity (Wildman–Crippen MR) is 73.2 cm³/mol. The van der Waals surface area contributed by atoms with Crippen molar-refractivity contribution in [1.82, 2.24) is 4.98 Å². The van der Waals surface area contributed by atoms with Crippen LogP contribution in [0.3, 0.4) is 0 Å². The minimum Gasteiger partial charge on any atom is -0.494 e. The Balaban J connectivity index is 2.28. The maximum atomic E-state index is 13.2. The molecular formula is C12H9BrClFN2O. The standard InChI is InChI=1S/C12H9BrClFN2O/c1-18-11-5-8(2-3-10(11)15)17-12-9(13)4-7(14)6-16-12/h2-6H,1H3,(H,16,17). The van der Waals surface area contributed by atoms with Crippen LogP contribution in [0.4, 0.5) is 15.9 Å². The van der Waals surface area contributed by atoms with Crippen molar-refractivity contribution in [2.45, 2.75) is 0 Å². The highest BCUT2D eigenvalue weighted by Crippen LogP contribution is 2.28. The van der Waals surface area contributed by atoms with Gasteiger partial charge in [-0.1, -0.05) is 11.6 Å². The molecule has 0 fully saturated rings. The molecule has 2 rings (SSSR count). The molecule has 2 aromatic rings. The van der Waals surface area contributed by atoms with E-state index in [1.54, 1.807) is 18.2 Å². The van der Waals surface area contributed by atoms with E-state index < -0.39 is 5.82 Å². The van der Waals surface area contributed by atoms with E-state index in [0.717, 1.165) is 4.47 Å². The Morgan fingerprint density at radius 1 is 1.39 bits per heavy atom. The second kappa shape index (κ2) is 5.54. The van der Waals surface area contributed by atoms with Gasteiger partial charge in [-0.05, 0) is 34.1 Å². The smallest absolute Gasteiger partial charge is 0.165 e. The Bertz CT molecular complexity index is 580. The molecule has 0 aliphatic heterocycles. The Hall–Kier alpha value is -1.33. The fourth-order valence-electron chi connectivity index (χ4n) is 1.38. The fourth-order valence-corrected chi connectivity index (χ4v) is 2.12. The van der Waals surface area contributed by atoms with Gasteiger partial charge in [0.05, 0.1) is 16.6 Å².